The predicted octanol–water partition coefficient (Wildman–Crippen LogP) is 2.96. The maximum atomic E-state index is 13.0. The van der Waals surface area contributed by atoms with Crippen molar-refractivity contribution in [1.82, 2.24) is 9.21 Å². The lowest BCUT2D eigenvalue weighted by Gasteiger charge is -2.34. The molecular weight excluding hydrogens is 428 g/mol. The number of sulfonamides is 1. The van der Waals surface area contributed by atoms with Crippen molar-refractivity contribution in [3.63, 3.8) is 0 Å². The maximum absolute atomic E-state index is 13.0. The largest absolute Gasteiger partial charge is 0.489 e. The lowest BCUT2D eigenvalue weighted by Crippen LogP contribution is -2.50. The number of amides is 1. The van der Waals surface area contributed by atoms with Crippen molar-refractivity contribution in [2.24, 2.45) is 0 Å². The van der Waals surface area contributed by atoms with Gasteiger partial charge in [-0.2, -0.15) is 4.31 Å². The van der Waals surface area contributed by atoms with Gasteiger partial charge in [0.05, 0.1) is 23.1 Å². The van der Waals surface area contributed by atoms with Crippen molar-refractivity contribution in [2.75, 3.05) is 39.4 Å². The molecule has 2 aromatic carbocycles. The number of halogens is 1. The number of fused-ring (bicyclic) bond motifs is 1. The SMILES string of the molecule is Cc1ccc(S(=O)(=O)N2CCN(C(=O)c3cc(Cl)c4c(c3)OCCCO4)CC2)cc1. The van der Waals surface area contributed by atoms with Gasteiger partial charge in [0.25, 0.3) is 5.91 Å². The van der Waals surface area contributed by atoms with Crippen molar-refractivity contribution in [1.29, 1.82) is 0 Å². The molecule has 160 valence electrons. The number of carbonyl (C=O) groups excluding carboxylic acids is 1. The number of hydrogen-bond donors (Lipinski definition) is 0. The number of aryl methyl sites for hydroxylation is 1. The molecule has 7 nitrogen and oxygen atoms in total. The minimum absolute atomic E-state index is 0.208. The van der Waals surface area contributed by atoms with Crippen LogP contribution in [0.15, 0.2) is 41.3 Å². The number of piperazine rings is 1. The molecule has 2 heterocycles. The van der Waals surface area contributed by atoms with Gasteiger partial charge in [-0.1, -0.05) is 29.3 Å². The quantitative estimate of drug-likeness (QED) is 0.718. The molecule has 0 N–H and O–H groups in total. The number of ether oxygens (including phenoxy) is 2. The standard InChI is InChI=1S/C21H23ClN2O5S/c1-15-3-5-17(6-4-15)30(26,27)24-9-7-23(8-10-24)21(25)16-13-18(22)20-19(14-16)28-11-2-12-29-20/h3-6,13-14H,2,7-12H2,1H3. The molecule has 0 spiro atoms. The molecule has 1 saturated heterocycles. The Hall–Kier alpha value is -2.29. The van der Waals surface area contributed by atoms with E-state index in [-0.39, 0.29) is 23.9 Å². The minimum Gasteiger partial charge on any atom is -0.489 e. The molecule has 2 aliphatic heterocycles. The van der Waals surface area contributed by atoms with Gasteiger partial charge in [-0.05, 0) is 31.2 Å². The van der Waals surface area contributed by atoms with Crippen LogP contribution in [0.25, 0.3) is 0 Å². The second-order valence-electron chi connectivity index (χ2n) is 7.35. The number of rotatable bonds is 3. The molecule has 0 bridgehead atoms. The van der Waals surface area contributed by atoms with Gasteiger partial charge in [-0.3, -0.25) is 4.79 Å². The van der Waals surface area contributed by atoms with E-state index in [1.807, 2.05) is 6.92 Å². The second-order valence-corrected chi connectivity index (χ2v) is 9.69. The van der Waals surface area contributed by atoms with Crippen LogP contribution in [0.5, 0.6) is 11.5 Å². The van der Waals surface area contributed by atoms with E-state index in [4.69, 9.17) is 21.1 Å². The van der Waals surface area contributed by atoms with E-state index in [1.165, 1.54) is 4.31 Å². The Bertz CT molecular complexity index is 1050. The topological polar surface area (TPSA) is 76.2 Å². The van der Waals surface area contributed by atoms with Gasteiger partial charge in [-0.25, -0.2) is 8.42 Å². The number of hydrogen-bond acceptors (Lipinski definition) is 5. The molecule has 9 heteroatoms. The average Bonchev–Trinajstić information content (AvgIpc) is 2.99. The minimum atomic E-state index is -3.58. The third-order valence-corrected chi connectivity index (χ3v) is 7.43. The first-order valence-electron chi connectivity index (χ1n) is 9.81. The zero-order chi connectivity index (χ0) is 21.3. The summed E-state index contributed by atoms with van der Waals surface area (Å²) in [5.41, 5.74) is 1.40. The first kappa shape index (κ1) is 21.0. The van der Waals surface area contributed by atoms with Crippen molar-refractivity contribution >= 4 is 27.5 Å². The van der Waals surface area contributed by atoms with Gasteiger partial charge >= 0.3 is 0 Å². The average molecular weight is 451 g/mol. The summed E-state index contributed by atoms with van der Waals surface area (Å²) in [4.78, 5) is 14.9. The van der Waals surface area contributed by atoms with Gasteiger partial charge in [0.2, 0.25) is 10.0 Å². The number of carbonyl (C=O) groups is 1. The molecule has 0 aromatic heterocycles. The first-order valence-corrected chi connectivity index (χ1v) is 11.6. The van der Waals surface area contributed by atoms with Crippen LogP contribution in [0.3, 0.4) is 0 Å². The Balaban J connectivity index is 1.46. The lowest BCUT2D eigenvalue weighted by atomic mass is 10.1. The van der Waals surface area contributed by atoms with E-state index < -0.39 is 10.0 Å². The molecule has 2 aromatic rings. The summed E-state index contributed by atoms with van der Waals surface area (Å²) < 4.78 is 38.4. The fourth-order valence-electron chi connectivity index (χ4n) is 3.53. The van der Waals surface area contributed by atoms with Crippen LogP contribution in [0.4, 0.5) is 0 Å². The molecule has 0 atom stereocenters. The first-order chi connectivity index (χ1) is 14.4. The Labute approximate surface area is 181 Å². The van der Waals surface area contributed by atoms with E-state index in [9.17, 15) is 13.2 Å². The fourth-order valence-corrected chi connectivity index (χ4v) is 5.22. The summed E-state index contributed by atoms with van der Waals surface area (Å²) in [5.74, 6) is 0.712. The van der Waals surface area contributed by atoms with Crippen molar-refractivity contribution in [2.45, 2.75) is 18.2 Å². The summed E-state index contributed by atoms with van der Waals surface area (Å²) >= 11 is 6.30. The molecular formula is C21H23ClN2O5S. The van der Waals surface area contributed by atoms with Crippen molar-refractivity contribution in [3.05, 3.63) is 52.5 Å². The smallest absolute Gasteiger partial charge is 0.254 e. The zero-order valence-electron chi connectivity index (χ0n) is 16.6. The van der Waals surface area contributed by atoms with E-state index in [0.717, 1.165) is 12.0 Å². The summed E-state index contributed by atoms with van der Waals surface area (Å²) in [6, 6.07) is 10.0. The van der Waals surface area contributed by atoms with E-state index in [1.54, 1.807) is 41.3 Å². The third-order valence-electron chi connectivity index (χ3n) is 5.23. The molecule has 0 unspecified atom stereocenters. The predicted molar refractivity (Wildman–Crippen MR) is 113 cm³/mol. The highest BCUT2D eigenvalue weighted by atomic mass is 35.5. The Morgan fingerprint density at radius 1 is 1.00 bits per heavy atom. The highest BCUT2D eigenvalue weighted by Gasteiger charge is 2.31. The second kappa shape index (κ2) is 8.45. The Morgan fingerprint density at radius 2 is 1.67 bits per heavy atom. The summed E-state index contributed by atoms with van der Waals surface area (Å²) in [5, 5.41) is 0.332. The highest BCUT2D eigenvalue weighted by Crippen LogP contribution is 2.38. The van der Waals surface area contributed by atoms with Crippen LogP contribution in [0.2, 0.25) is 5.02 Å². The van der Waals surface area contributed by atoms with E-state index in [0.29, 0.717) is 48.4 Å². The highest BCUT2D eigenvalue weighted by molar-refractivity contribution is 7.89. The van der Waals surface area contributed by atoms with Crippen LogP contribution >= 0.6 is 11.6 Å². The fraction of sp³-hybridized carbons (Fsp3) is 0.381. The van der Waals surface area contributed by atoms with Crippen LogP contribution in [-0.4, -0.2) is 62.9 Å². The van der Waals surface area contributed by atoms with Crippen molar-refractivity contribution < 1.29 is 22.7 Å². The number of nitrogens with zero attached hydrogens (tertiary/aromatic N) is 2. The monoisotopic (exact) mass is 450 g/mol. The maximum Gasteiger partial charge on any atom is 0.254 e. The number of benzene rings is 2. The van der Waals surface area contributed by atoms with Gasteiger partial charge in [0.1, 0.15) is 0 Å². The summed E-state index contributed by atoms with van der Waals surface area (Å²) in [7, 11) is -3.58. The molecule has 0 aliphatic carbocycles. The molecule has 1 amide bonds. The zero-order valence-corrected chi connectivity index (χ0v) is 18.2. The van der Waals surface area contributed by atoms with Crippen LogP contribution in [-0.2, 0) is 10.0 Å². The van der Waals surface area contributed by atoms with Gasteiger partial charge < -0.3 is 14.4 Å². The van der Waals surface area contributed by atoms with Crippen LogP contribution < -0.4 is 9.47 Å². The normalized spacial score (nSPS) is 17.5. The van der Waals surface area contributed by atoms with Gasteiger partial charge in [0.15, 0.2) is 11.5 Å². The Kier molecular flexibility index (Phi) is 5.90. The summed E-state index contributed by atoms with van der Waals surface area (Å²) in [6.07, 6.45) is 0.742. The van der Waals surface area contributed by atoms with Crippen LogP contribution in [0, 0.1) is 6.92 Å². The Morgan fingerprint density at radius 3 is 2.37 bits per heavy atom. The molecule has 0 saturated carbocycles. The molecule has 30 heavy (non-hydrogen) atoms. The molecule has 4 rings (SSSR count). The van der Waals surface area contributed by atoms with Crippen LogP contribution in [0.1, 0.15) is 22.3 Å². The molecule has 2 aliphatic rings. The van der Waals surface area contributed by atoms with Crippen molar-refractivity contribution in [3.8, 4) is 11.5 Å². The molecule has 0 radical (unpaired) electrons. The lowest BCUT2D eigenvalue weighted by molar-refractivity contribution is 0.0697. The molecule has 1 fully saturated rings. The van der Waals surface area contributed by atoms with E-state index >= 15 is 0 Å². The van der Waals surface area contributed by atoms with Gasteiger partial charge in [0, 0.05) is 38.2 Å². The summed E-state index contributed by atoms with van der Waals surface area (Å²) in [6.45, 7) is 3.99. The van der Waals surface area contributed by atoms with E-state index in [2.05, 4.69) is 0 Å². The third kappa shape index (κ3) is 4.12. The van der Waals surface area contributed by atoms with Gasteiger partial charge in [-0.15, -0.1) is 0 Å².